The first kappa shape index (κ1) is 17.1. The average molecular weight is 378 g/mol. The lowest BCUT2D eigenvalue weighted by molar-refractivity contribution is -0.119. The topological polar surface area (TPSA) is 29.1 Å². The van der Waals surface area contributed by atoms with Crippen LogP contribution in [0.4, 0.5) is 0 Å². The van der Waals surface area contributed by atoms with Gasteiger partial charge >= 0.3 is 0 Å². The molecular formula is C18H20BrNOS. The highest BCUT2D eigenvalue weighted by Gasteiger charge is 2.13. The molecule has 0 saturated carbocycles. The third kappa shape index (κ3) is 4.89. The molecule has 0 radical (unpaired) electrons. The number of nitrogens with one attached hydrogen (secondary N) is 1. The molecule has 2 nitrogen and oxygen atoms in total. The summed E-state index contributed by atoms with van der Waals surface area (Å²) in [6.07, 6.45) is 0. The zero-order valence-electron chi connectivity index (χ0n) is 12.8. The van der Waals surface area contributed by atoms with Crippen LogP contribution in [0.25, 0.3) is 0 Å². The predicted octanol–water partition coefficient (Wildman–Crippen LogP) is 5.12. The van der Waals surface area contributed by atoms with Crippen LogP contribution in [0.1, 0.15) is 36.3 Å². The summed E-state index contributed by atoms with van der Waals surface area (Å²) in [6, 6.07) is 18.2. The molecule has 2 rings (SSSR count). The van der Waals surface area contributed by atoms with Gasteiger partial charge in [-0.2, -0.15) is 0 Å². The van der Waals surface area contributed by atoms with E-state index >= 15 is 0 Å². The van der Waals surface area contributed by atoms with Crippen LogP contribution in [0, 0.1) is 0 Å². The van der Waals surface area contributed by atoms with Gasteiger partial charge in [0.2, 0.25) is 5.91 Å². The number of thioether (sulfide) groups is 1. The number of carbonyl (C=O) groups excluding carboxylic acids is 1. The first-order chi connectivity index (χ1) is 10.6. The summed E-state index contributed by atoms with van der Waals surface area (Å²) in [4.78, 5) is 12.1. The number of rotatable bonds is 6. The highest BCUT2D eigenvalue weighted by Crippen LogP contribution is 2.28. The molecule has 0 fully saturated rings. The first-order valence-corrected chi connectivity index (χ1v) is 9.12. The molecule has 4 heteroatoms. The van der Waals surface area contributed by atoms with Crippen molar-refractivity contribution in [3.63, 3.8) is 0 Å². The van der Waals surface area contributed by atoms with E-state index in [1.54, 1.807) is 11.8 Å². The van der Waals surface area contributed by atoms with Crippen molar-refractivity contribution in [2.75, 3.05) is 5.75 Å². The van der Waals surface area contributed by atoms with Crippen LogP contribution in [-0.2, 0) is 4.79 Å². The van der Waals surface area contributed by atoms with E-state index in [0.29, 0.717) is 11.0 Å². The van der Waals surface area contributed by atoms with E-state index in [4.69, 9.17) is 0 Å². The Morgan fingerprint density at radius 1 is 1.09 bits per heavy atom. The quantitative estimate of drug-likeness (QED) is 0.756. The van der Waals surface area contributed by atoms with Gasteiger partial charge in [-0.3, -0.25) is 4.79 Å². The van der Waals surface area contributed by atoms with Crippen molar-refractivity contribution in [2.45, 2.75) is 25.1 Å². The van der Waals surface area contributed by atoms with Gasteiger partial charge in [0.1, 0.15) is 0 Å². The summed E-state index contributed by atoms with van der Waals surface area (Å²) in [5, 5.41) is 3.36. The maximum atomic E-state index is 12.1. The van der Waals surface area contributed by atoms with E-state index in [9.17, 15) is 4.79 Å². The maximum Gasteiger partial charge on any atom is 0.230 e. The molecule has 1 N–H and O–H groups in total. The molecule has 116 valence electrons. The molecule has 0 aliphatic heterocycles. The second kappa shape index (κ2) is 8.39. The molecular weight excluding hydrogens is 358 g/mol. The lowest BCUT2D eigenvalue weighted by Gasteiger charge is -2.17. The largest absolute Gasteiger partial charge is 0.349 e. The minimum Gasteiger partial charge on any atom is -0.349 e. The molecule has 0 aliphatic rings. The Bertz CT molecular complexity index is 617. The zero-order chi connectivity index (χ0) is 15.9. The smallest absolute Gasteiger partial charge is 0.230 e. The van der Waals surface area contributed by atoms with Gasteiger partial charge in [-0.05, 0) is 31.0 Å². The van der Waals surface area contributed by atoms with E-state index in [0.717, 1.165) is 10.0 Å². The van der Waals surface area contributed by atoms with Crippen LogP contribution in [0.2, 0.25) is 0 Å². The van der Waals surface area contributed by atoms with Crippen molar-refractivity contribution >= 4 is 33.6 Å². The van der Waals surface area contributed by atoms with Gasteiger partial charge in [0, 0.05) is 9.72 Å². The summed E-state index contributed by atoms with van der Waals surface area (Å²) >= 11 is 5.18. The van der Waals surface area contributed by atoms with Crippen LogP contribution in [0.15, 0.2) is 59.1 Å². The number of halogens is 1. The SMILES string of the molecule is C[C@H](SCC(=O)N[C@H](C)c1ccccc1Br)c1ccccc1. The van der Waals surface area contributed by atoms with Gasteiger partial charge in [0.15, 0.2) is 0 Å². The second-order valence-corrected chi connectivity index (χ2v) is 7.36. The number of hydrogen-bond donors (Lipinski definition) is 1. The third-order valence-corrected chi connectivity index (χ3v) is 5.41. The van der Waals surface area contributed by atoms with Crippen LogP contribution in [0.5, 0.6) is 0 Å². The van der Waals surface area contributed by atoms with Gasteiger partial charge < -0.3 is 5.32 Å². The van der Waals surface area contributed by atoms with Crippen molar-refractivity contribution in [2.24, 2.45) is 0 Å². The number of hydrogen-bond acceptors (Lipinski definition) is 2. The molecule has 2 atom stereocenters. The number of carbonyl (C=O) groups is 1. The van der Waals surface area contributed by atoms with E-state index in [1.807, 2.05) is 49.4 Å². The number of benzene rings is 2. The normalized spacial score (nSPS) is 13.4. The summed E-state index contributed by atoms with van der Waals surface area (Å²) in [6.45, 7) is 4.13. The summed E-state index contributed by atoms with van der Waals surface area (Å²) < 4.78 is 1.02. The molecule has 0 bridgehead atoms. The Morgan fingerprint density at radius 3 is 2.41 bits per heavy atom. The monoisotopic (exact) mass is 377 g/mol. The van der Waals surface area contributed by atoms with Crippen molar-refractivity contribution in [3.8, 4) is 0 Å². The van der Waals surface area contributed by atoms with Gasteiger partial charge in [-0.15, -0.1) is 11.8 Å². The Balaban J connectivity index is 1.84. The summed E-state index contributed by atoms with van der Waals surface area (Å²) in [5.74, 6) is 0.529. The van der Waals surface area contributed by atoms with Gasteiger partial charge in [0.05, 0.1) is 11.8 Å². The van der Waals surface area contributed by atoms with E-state index < -0.39 is 0 Å². The Morgan fingerprint density at radius 2 is 1.73 bits per heavy atom. The Kier molecular flexibility index (Phi) is 6.52. The highest BCUT2D eigenvalue weighted by atomic mass is 79.9. The maximum absolute atomic E-state index is 12.1. The molecule has 2 aromatic carbocycles. The van der Waals surface area contributed by atoms with Crippen LogP contribution >= 0.6 is 27.7 Å². The van der Waals surface area contributed by atoms with Crippen molar-refractivity contribution in [1.82, 2.24) is 5.32 Å². The lowest BCUT2D eigenvalue weighted by atomic mass is 10.1. The molecule has 0 heterocycles. The van der Waals surface area contributed by atoms with Gasteiger partial charge in [-0.25, -0.2) is 0 Å². The molecule has 22 heavy (non-hydrogen) atoms. The van der Waals surface area contributed by atoms with Gasteiger partial charge in [0.25, 0.3) is 0 Å². The minimum atomic E-state index is -0.00398. The molecule has 2 aromatic rings. The Hall–Kier alpha value is -1.26. The van der Waals surface area contributed by atoms with Crippen molar-refractivity contribution in [3.05, 3.63) is 70.2 Å². The molecule has 0 aliphatic carbocycles. The highest BCUT2D eigenvalue weighted by molar-refractivity contribution is 9.10. The molecule has 0 aromatic heterocycles. The fourth-order valence-electron chi connectivity index (χ4n) is 2.21. The zero-order valence-corrected chi connectivity index (χ0v) is 15.2. The molecule has 0 saturated heterocycles. The fourth-order valence-corrected chi connectivity index (χ4v) is 3.67. The van der Waals surface area contributed by atoms with Crippen LogP contribution < -0.4 is 5.32 Å². The van der Waals surface area contributed by atoms with Crippen molar-refractivity contribution < 1.29 is 4.79 Å². The van der Waals surface area contributed by atoms with E-state index in [1.165, 1.54) is 5.56 Å². The number of amides is 1. The minimum absolute atomic E-state index is 0.00398. The predicted molar refractivity (Wildman–Crippen MR) is 98.0 cm³/mol. The van der Waals surface area contributed by atoms with Crippen LogP contribution in [0.3, 0.4) is 0 Å². The Labute approximate surface area is 144 Å². The third-order valence-electron chi connectivity index (χ3n) is 3.48. The molecule has 0 unspecified atom stereocenters. The van der Waals surface area contributed by atoms with Crippen molar-refractivity contribution in [1.29, 1.82) is 0 Å². The van der Waals surface area contributed by atoms with Crippen LogP contribution in [-0.4, -0.2) is 11.7 Å². The van der Waals surface area contributed by atoms with E-state index in [2.05, 4.69) is 40.3 Å². The van der Waals surface area contributed by atoms with E-state index in [-0.39, 0.29) is 11.9 Å². The lowest BCUT2D eigenvalue weighted by Crippen LogP contribution is -2.28. The summed E-state index contributed by atoms with van der Waals surface area (Å²) in [5.41, 5.74) is 2.34. The standard InChI is InChI=1S/C18H20BrNOS/c1-13(16-10-6-7-11-17(16)19)20-18(21)12-22-14(2)15-8-4-3-5-9-15/h3-11,13-14H,12H2,1-2H3,(H,20,21)/t13-,14+/m1/s1. The fraction of sp³-hybridized carbons (Fsp3) is 0.278. The second-order valence-electron chi connectivity index (χ2n) is 5.17. The van der Waals surface area contributed by atoms with Gasteiger partial charge in [-0.1, -0.05) is 64.5 Å². The first-order valence-electron chi connectivity index (χ1n) is 7.28. The molecule has 0 spiro atoms. The summed E-state index contributed by atoms with van der Waals surface area (Å²) in [7, 11) is 0. The average Bonchev–Trinajstić information content (AvgIpc) is 2.53. The molecule has 1 amide bonds.